The number of carbonyl (C=O) groups is 1. The molecule has 1 amide bonds. The van der Waals surface area contributed by atoms with Gasteiger partial charge in [-0.05, 0) is 6.42 Å². The Hall–Kier alpha value is -1.56. The lowest BCUT2D eigenvalue weighted by molar-refractivity contribution is 0.161. The predicted molar refractivity (Wildman–Crippen MR) is 65.1 cm³/mol. The molecule has 0 aliphatic rings. The van der Waals surface area contributed by atoms with Crippen LogP contribution in [0.1, 0.15) is 18.9 Å². The fourth-order valence-electron chi connectivity index (χ4n) is 1.34. The molecule has 0 saturated carbocycles. The van der Waals surface area contributed by atoms with Gasteiger partial charge in [0.05, 0.1) is 6.54 Å². The third-order valence-electron chi connectivity index (χ3n) is 2.03. The first-order valence-electron chi connectivity index (χ1n) is 5.30. The molecule has 0 aromatic carbocycles. The molecule has 1 rings (SSSR count). The van der Waals surface area contributed by atoms with Gasteiger partial charge in [-0.3, -0.25) is 0 Å². The highest BCUT2D eigenvalue weighted by Gasteiger charge is 2.08. The van der Waals surface area contributed by atoms with Gasteiger partial charge < -0.3 is 15.8 Å². The molecule has 0 saturated heterocycles. The number of hydrogen-bond acceptors (Lipinski definition) is 5. The van der Waals surface area contributed by atoms with Crippen LogP contribution in [0.3, 0.4) is 0 Å². The number of rotatable bonds is 6. The first-order valence-corrected chi connectivity index (χ1v) is 5.68. The minimum atomic E-state index is -0.790. The molecular weight excluding hydrogens is 244 g/mol. The number of halogens is 1. The number of nitrogens with zero attached hydrogens (tertiary/aromatic N) is 2. The van der Waals surface area contributed by atoms with Crippen molar-refractivity contribution in [2.45, 2.75) is 19.8 Å². The Kier molecular flexibility index (Phi) is 5.48. The summed E-state index contributed by atoms with van der Waals surface area (Å²) in [6, 6.07) is 0. The van der Waals surface area contributed by atoms with E-state index in [4.69, 9.17) is 17.3 Å². The van der Waals surface area contributed by atoms with Gasteiger partial charge in [0.1, 0.15) is 23.9 Å². The Morgan fingerprint density at radius 2 is 2.35 bits per heavy atom. The molecule has 7 heteroatoms. The number of primary amides is 1. The molecule has 0 fully saturated rings. The second kappa shape index (κ2) is 6.90. The topological polar surface area (TPSA) is 90.1 Å². The maximum atomic E-state index is 10.4. The van der Waals surface area contributed by atoms with Gasteiger partial charge in [0, 0.05) is 5.56 Å². The summed E-state index contributed by atoms with van der Waals surface area (Å²) in [6.45, 7) is 2.65. The van der Waals surface area contributed by atoms with Gasteiger partial charge in [0.25, 0.3) is 0 Å². The van der Waals surface area contributed by atoms with Gasteiger partial charge in [-0.1, -0.05) is 24.9 Å². The fourth-order valence-corrected chi connectivity index (χ4v) is 1.56. The van der Waals surface area contributed by atoms with Crippen molar-refractivity contribution in [2.24, 2.45) is 5.73 Å². The van der Waals surface area contributed by atoms with Crippen LogP contribution in [-0.2, 0) is 11.2 Å². The van der Waals surface area contributed by atoms with Crippen molar-refractivity contribution in [3.63, 3.8) is 0 Å². The highest BCUT2D eigenvalue weighted by atomic mass is 35.5. The van der Waals surface area contributed by atoms with Crippen molar-refractivity contribution >= 4 is 23.5 Å². The number of carbonyl (C=O) groups excluding carboxylic acids is 1. The summed E-state index contributed by atoms with van der Waals surface area (Å²) in [7, 11) is 0. The molecule has 1 heterocycles. The van der Waals surface area contributed by atoms with Crippen LogP contribution in [0.25, 0.3) is 0 Å². The van der Waals surface area contributed by atoms with Gasteiger partial charge >= 0.3 is 6.09 Å². The summed E-state index contributed by atoms with van der Waals surface area (Å²) in [6.07, 6.45) is 2.33. The summed E-state index contributed by atoms with van der Waals surface area (Å²) in [4.78, 5) is 18.4. The van der Waals surface area contributed by atoms with Crippen molar-refractivity contribution in [3.8, 4) is 0 Å². The average Bonchev–Trinajstić information content (AvgIpc) is 2.28. The molecule has 0 atom stereocenters. The molecular formula is C10H15ClN4O2. The molecule has 0 aliphatic heterocycles. The summed E-state index contributed by atoms with van der Waals surface area (Å²) < 4.78 is 4.59. The van der Waals surface area contributed by atoms with Crippen LogP contribution < -0.4 is 11.1 Å². The molecule has 17 heavy (non-hydrogen) atoms. The standard InChI is InChI=1S/C10H15ClN4O2/c1-2-3-7-8(11)14-6-15-9(7)13-4-5-17-10(12)16/h6H,2-5H2,1H3,(H2,12,16)(H,13,14,15). The van der Waals surface area contributed by atoms with Gasteiger partial charge in [-0.2, -0.15) is 0 Å². The van der Waals surface area contributed by atoms with E-state index in [9.17, 15) is 4.79 Å². The second-order valence-corrected chi connectivity index (χ2v) is 3.69. The van der Waals surface area contributed by atoms with Crippen LogP contribution in [0.15, 0.2) is 6.33 Å². The minimum absolute atomic E-state index is 0.183. The Balaban J connectivity index is 2.57. The Morgan fingerprint density at radius 3 is 3.00 bits per heavy atom. The van der Waals surface area contributed by atoms with Crippen LogP contribution in [0.5, 0.6) is 0 Å². The largest absolute Gasteiger partial charge is 0.448 e. The van der Waals surface area contributed by atoms with Crippen LogP contribution in [0.4, 0.5) is 10.6 Å². The molecule has 94 valence electrons. The summed E-state index contributed by atoms with van der Waals surface area (Å²) >= 11 is 5.97. The highest BCUT2D eigenvalue weighted by Crippen LogP contribution is 2.20. The fraction of sp³-hybridized carbons (Fsp3) is 0.500. The highest BCUT2D eigenvalue weighted by molar-refractivity contribution is 6.30. The van der Waals surface area contributed by atoms with Crippen molar-refractivity contribution in [1.82, 2.24) is 9.97 Å². The third-order valence-corrected chi connectivity index (χ3v) is 2.36. The van der Waals surface area contributed by atoms with Crippen LogP contribution in [0, 0.1) is 0 Å². The number of anilines is 1. The molecule has 0 radical (unpaired) electrons. The number of nitrogens with two attached hydrogens (primary N) is 1. The zero-order valence-electron chi connectivity index (χ0n) is 9.57. The van der Waals surface area contributed by atoms with Crippen molar-refractivity contribution in [2.75, 3.05) is 18.5 Å². The minimum Gasteiger partial charge on any atom is -0.448 e. The normalized spacial score (nSPS) is 10.0. The molecule has 3 N–H and O–H groups in total. The Morgan fingerprint density at radius 1 is 1.59 bits per heavy atom. The molecule has 0 aliphatic carbocycles. The molecule has 0 spiro atoms. The number of hydrogen-bond donors (Lipinski definition) is 2. The van der Waals surface area contributed by atoms with Gasteiger partial charge in [0.15, 0.2) is 0 Å². The molecule has 1 aromatic rings. The molecule has 0 bridgehead atoms. The van der Waals surface area contributed by atoms with Crippen molar-refractivity contribution in [1.29, 1.82) is 0 Å². The van der Waals surface area contributed by atoms with Crippen molar-refractivity contribution < 1.29 is 9.53 Å². The molecule has 1 aromatic heterocycles. The number of aromatic nitrogens is 2. The Bertz CT molecular complexity index is 387. The summed E-state index contributed by atoms with van der Waals surface area (Å²) in [5, 5.41) is 3.47. The maximum absolute atomic E-state index is 10.4. The van der Waals surface area contributed by atoms with E-state index < -0.39 is 6.09 Å². The lowest BCUT2D eigenvalue weighted by Crippen LogP contribution is -2.19. The average molecular weight is 259 g/mol. The van der Waals surface area contributed by atoms with E-state index in [0.717, 1.165) is 18.4 Å². The van der Waals surface area contributed by atoms with Crippen LogP contribution in [0.2, 0.25) is 5.15 Å². The number of amides is 1. The maximum Gasteiger partial charge on any atom is 0.404 e. The van der Waals surface area contributed by atoms with Gasteiger partial charge in [-0.25, -0.2) is 14.8 Å². The van der Waals surface area contributed by atoms with Gasteiger partial charge in [-0.15, -0.1) is 0 Å². The smallest absolute Gasteiger partial charge is 0.404 e. The van der Waals surface area contributed by atoms with Crippen molar-refractivity contribution in [3.05, 3.63) is 17.0 Å². The zero-order chi connectivity index (χ0) is 12.7. The lowest BCUT2D eigenvalue weighted by Gasteiger charge is -2.10. The molecule has 0 unspecified atom stereocenters. The van der Waals surface area contributed by atoms with E-state index in [1.165, 1.54) is 6.33 Å². The van der Waals surface area contributed by atoms with Crippen LogP contribution in [-0.4, -0.2) is 29.2 Å². The van der Waals surface area contributed by atoms with E-state index in [1.54, 1.807) is 0 Å². The first kappa shape index (κ1) is 13.5. The quantitative estimate of drug-likeness (QED) is 0.597. The lowest BCUT2D eigenvalue weighted by atomic mass is 10.2. The first-order chi connectivity index (χ1) is 8.15. The van der Waals surface area contributed by atoms with E-state index >= 15 is 0 Å². The SMILES string of the molecule is CCCc1c(Cl)ncnc1NCCOC(N)=O. The van der Waals surface area contributed by atoms with Crippen LogP contribution >= 0.6 is 11.6 Å². The van der Waals surface area contributed by atoms with E-state index in [1.807, 2.05) is 6.92 Å². The monoisotopic (exact) mass is 258 g/mol. The zero-order valence-corrected chi connectivity index (χ0v) is 10.3. The van der Waals surface area contributed by atoms with E-state index in [0.29, 0.717) is 17.5 Å². The number of nitrogens with one attached hydrogen (secondary N) is 1. The number of ether oxygens (including phenoxy) is 1. The summed E-state index contributed by atoms with van der Waals surface area (Å²) in [5.41, 5.74) is 5.71. The van der Waals surface area contributed by atoms with E-state index in [-0.39, 0.29) is 6.61 Å². The van der Waals surface area contributed by atoms with Gasteiger partial charge in [0.2, 0.25) is 0 Å². The second-order valence-electron chi connectivity index (χ2n) is 3.34. The van der Waals surface area contributed by atoms with E-state index in [2.05, 4.69) is 20.0 Å². The summed E-state index contributed by atoms with van der Waals surface area (Å²) in [5.74, 6) is 0.667. The predicted octanol–water partition coefficient (Wildman–Crippen LogP) is 1.59. The third kappa shape index (κ3) is 4.44. The molecule has 6 nitrogen and oxygen atoms in total. The Labute approximate surface area is 105 Å².